The van der Waals surface area contributed by atoms with E-state index in [9.17, 15) is 0 Å². The van der Waals surface area contributed by atoms with E-state index in [4.69, 9.17) is 5.73 Å². The Morgan fingerprint density at radius 1 is 1.10 bits per heavy atom. The van der Waals surface area contributed by atoms with Gasteiger partial charge in [-0.3, -0.25) is 0 Å². The fraction of sp³-hybridized carbons (Fsp3) is 0.444. The number of rotatable bonds is 3. The van der Waals surface area contributed by atoms with Gasteiger partial charge in [-0.15, -0.1) is 11.3 Å². The van der Waals surface area contributed by atoms with Crippen LogP contribution in [-0.2, 0) is 5.41 Å². The Labute approximate surface area is 126 Å². The maximum absolute atomic E-state index is 6.08. The smallest absolute Gasteiger partial charge is 0.0309 e. The minimum Gasteiger partial charge on any atom is -0.329 e. The molecule has 0 saturated heterocycles. The van der Waals surface area contributed by atoms with Crippen LogP contribution in [0, 0.1) is 13.8 Å². The highest BCUT2D eigenvalue weighted by molar-refractivity contribution is 7.12. The van der Waals surface area contributed by atoms with Crippen molar-refractivity contribution in [2.45, 2.75) is 46.0 Å². The molecule has 1 aromatic heterocycles. The van der Waals surface area contributed by atoms with Gasteiger partial charge in [0, 0.05) is 22.2 Å². The lowest BCUT2D eigenvalue weighted by molar-refractivity contribution is 0.588. The van der Waals surface area contributed by atoms with Crippen LogP contribution in [0.15, 0.2) is 30.3 Å². The van der Waals surface area contributed by atoms with E-state index in [1.807, 2.05) is 11.3 Å². The van der Waals surface area contributed by atoms with Gasteiger partial charge in [-0.25, -0.2) is 0 Å². The summed E-state index contributed by atoms with van der Waals surface area (Å²) >= 11 is 1.86. The third-order valence-electron chi connectivity index (χ3n) is 3.86. The summed E-state index contributed by atoms with van der Waals surface area (Å²) in [5, 5.41) is 0. The molecule has 1 unspecified atom stereocenters. The summed E-state index contributed by atoms with van der Waals surface area (Å²) in [6, 6.07) is 11.2. The lowest BCUT2D eigenvalue weighted by atomic mass is 9.82. The van der Waals surface area contributed by atoms with Crippen LogP contribution < -0.4 is 5.73 Å². The normalized spacial score (nSPS) is 13.5. The quantitative estimate of drug-likeness (QED) is 0.866. The van der Waals surface area contributed by atoms with Crippen LogP contribution in [0.25, 0.3) is 0 Å². The molecule has 2 rings (SSSR count). The summed E-state index contributed by atoms with van der Waals surface area (Å²) in [5.41, 5.74) is 10.3. The van der Waals surface area contributed by atoms with Crippen molar-refractivity contribution in [3.63, 3.8) is 0 Å². The second-order valence-corrected chi connectivity index (χ2v) is 7.88. The SMILES string of the molecule is Cc1ccc(C(CN)c2cc(C(C)(C)C)ccc2C)s1. The lowest BCUT2D eigenvalue weighted by Crippen LogP contribution is -2.17. The summed E-state index contributed by atoms with van der Waals surface area (Å²) in [4.78, 5) is 2.72. The molecule has 0 aliphatic heterocycles. The van der Waals surface area contributed by atoms with Crippen LogP contribution in [0.5, 0.6) is 0 Å². The van der Waals surface area contributed by atoms with E-state index in [-0.39, 0.29) is 5.41 Å². The first-order valence-corrected chi connectivity index (χ1v) is 8.02. The van der Waals surface area contributed by atoms with E-state index in [0.717, 1.165) is 0 Å². The molecule has 0 aliphatic carbocycles. The van der Waals surface area contributed by atoms with Gasteiger partial charge >= 0.3 is 0 Å². The van der Waals surface area contributed by atoms with Crippen LogP contribution in [0.4, 0.5) is 0 Å². The average Bonchev–Trinajstić information content (AvgIpc) is 2.77. The highest BCUT2D eigenvalue weighted by Gasteiger charge is 2.20. The Morgan fingerprint density at radius 2 is 1.80 bits per heavy atom. The van der Waals surface area contributed by atoms with Gasteiger partial charge in [0.2, 0.25) is 0 Å². The standard InChI is InChI=1S/C18H25NS/c1-12-6-8-14(18(3,4)5)10-15(12)16(11-19)17-9-7-13(2)20-17/h6-10,16H,11,19H2,1-5H3. The molecule has 1 atom stereocenters. The van der Waals surface area contributed by atoms with E-state index in [0.29, 0.717) is 12.5 Å². The van der Waals surface area contributed by atoms with Gasteiger partial charge in [-0.05, 0) is 48.1 Å². The molecule has 0 saturated carbocycles. The molecule has 0 amide bonds. The largest absolute Gasteiger partial charge is 0.329 e. The van der Waals surface area contributed by atoms with Gasteiger partial charge < -0.3 is 5.73 Å². The maximum atomic E-state index is 6.08. The van der Waals surface area contributed by atoms with Gasteiger partial charge in [0.1, 0.15) is 0 Å². The van der Waals surface area contributed by atoms with Gasteiger partial charge in [0.05, 0.1) is 0 Å². The molecule has 0 bridgehead atoms. The molecule has 0 fully saturated rings. The van der Waals surface area contributed by atoms with Crippen molar-refractivity contribution in [2.75, 3.05) is 6.54 Å². The van der Waals surface area contributed by atoms with E-state index < -0.39 is 0 Å². The first-order chi connectivity index (χ1) is 9.32. The van der Waals surface area contributed by atoms with E-state index in [1.165, 1.54) is 26.4 Å². The van der Waals surface area contributed by atoms with Gasteiger partial charge in [0.25, 0.3) is 0 Å². The second-order valence-electron chi connectivity index (χ2n) is 6.56. The number of nitrogens with two attached hydrogens (primary N) is 1. The average molecular weight is 287 g/mol. The van der Waals surface area contributed by atoms with Crippen LogP contribution in [-0.4, -0.2) is 6.54 Å². The van der Waals surface area contributed by atoms with Crippen LogP contribution in [0.3, 0.4) is 0 Å². The molecule has 2 heteroatoms. The summed E-state index contributed by atoms with van der Waals surface area (Å²) < 4.78 is 0. The van der Waals surface area contributed by atoms with Gasteiger partial charge in [0.15, 0.2) is 0 Å². The van der Waals surface area contributed by atoms with Crippen molar-refractivity contribution in [3.05, 3.63) is 56.8 Å². The second kappa shape index (κ2) is 5.71. The van der Waals surface area contributed by atoms with E-state index in [2.05, 4.69) is 65.0 Å². The number of hydrogen-bond donors (Lipinski definition) is 1. The van der Waals surface area contributed by atoms with Crippen molar-refractivity contribution in [3.8, 4) is 0 Å². The highest BCUT2D eigenvalue weighted by Crippen LogP contribution is 2.34. The molecule has 2 N–H and O–H groups in total. The van der Waals surface area contributed by atoms with Crippen molar-refractivity contribution in [2.24, 2.45) is 5.73 Å². The predicted molar refractivity (Wildman–Crippen MR) is 89.8 cm³/mol. The van der Waals surface area contributed by atoms with Gasteiger partial charge in [-0.1, -0.05) is 39.0 Å². The number of thiophene rings is 1. The summed E-state index contributed by atoms with van der Waals surface area (Å²) in [6.45, 7) is 11.8. The summed E-state index contributed by atoms with van der Waals surface area (Å²) in [5.74, 6) is 0.316. The number of aryl methyl sites for hydroxylation is 2. The van der Waals surface area contributed by atoms with E-state index >= 15 is 0 Å². The zero-order valence-electron chi connectivity index (χ0n) is 13.2. The molecule has 108 valence electrons. The minimum atomic E-state index is 0.174. The summed E-state index contributed by atoms with van der Waals surface area (Å²) in [7, 11) is 0. The molecule has 0 aliphatic rings. The van der Waals surface area contributed by atoms with Crippen molar-refractivity contribution < 1.29 is 0 Å². The zero-order chi connectivity index (χ0) is 14.9. The fourth-order valence-corrected chi connectivity index (χ4v) is 3.53. The number of benzene rings is 1. The highest BCUT2D eigenvalue weighted by atomic mass is 32.1. The summed E-state index contributed by atoms with van der Waals surface area (Å²) in [6.07, 6.45) is 0. The molecule has 2 aromatic rings. The molecule has 20 heavy (non-hydrogen) atoms. The number of hydrogen-bond acceptors (Lipinski definition) is 2. The third-order valence-corrected chi connectivity index (χ3v) is 4.98. The van der Waals surface area contributed by atoms with Crippen molar-refractivity contribution >= 4 is 11.3 Å². The zero-order valence-corrected chi connectivity index (χ0v) is 14.0. The predicted octanol–water partition coefficient (Wildman–Crippen LogP) is 4.75. The molecule has 0 spiro atoms. The Bertz CT molecular complexity index is 590. The third kappa shape index (κ3) is 3.13. The Balaban J connectivity index is 2.49. The van der Waals surface area contributed by atoms with Crippen LogP contribution in [0.2, 0.25) is 0 Å². The van der Waals surface area contributed by atoms with Crippen LogP contribution >= 0.6 is 11.3 Å². The fourth-order valence-electron chi connectivity index (χ4n) is 2.52. The first-order valence-electron chi connectivity index (χ1n) is 7.20. The van der Waals surface area contributed by atoms with Gasteiger partial charge in [-0.2, -0.15) is 0 Å². The molecule has 1 heterocycles. The molecule has 0 radical (unpaired) electrons. The molecular weight excluding hydrogens is 262 g/mol. The first kappa shape index (κ1) is 15.3. The molecule has 1 nitrogen and oxygen atoms in total. The Kier molecular flexibility index (Phi) is 4.36. The Hall–Kier alpha value is -1.12. The minimum absolute atomic E-state index is 0.174. The Morgan fingerprint density at radius 3 is 2.30 bits per heavy atom. The topological polar surface area (TPSA) is 26.0 Å². The van der Waals surface area contributed by atoms with E-state index in [1.54, 1.807) is 0 Å². The maximum Gasteiger partial charge on any atom is 0.0309 e. The molecular formula is C18H25NS. The van der Waals surface area contributed by atoms with Crippen molar-refractivity contribution in [1.29, 1.82) is 0 Å². The lowest BCUT2D eigenvalue weighted by Gasteiger charge is -2.23. The van der Waals surface area contributed by atoms with Crippen LogP contribution in [0.1, 0.15) is 53.1 Å². The molecule has 1 aromatic carbocycles. The van der Waals surface area contributed by atoms with Crippen molar-refractivity contribution in [1.82, 2.24) is 0 Å². The monoisotopic (exact) mass is 287 g/mol.